The Balaban J connectivity index is 2.37. The SMILES string of the molecule is C=CCON=C(c1ccc(F)c(F)c1)C(F)n1cncn1. The number of oxime groups is 1. The first-order valence-corrected chi connectivity index (χ1v) is 5.88. The fraction of sp³-hybridized carbons (Fsp3) is 0.154. The van der Waals surface area contributed by atoms with Crippen molar-refractivity contribution in [2.24, 2.45) is 5.16 Å². The molecule has 0 saturated heterocycles. The molecule has 0 N–H and O–H groups in total. The van der Waals surface area contributed by atoms with Crippen LogP contribution in [0.2, 0.25) is 0 Å². The molecular formula is C13H11F3N4O. The molecule has 0 aliphatic carbocycles. The Labute approximate surface area is 118 Å². The van der Waals surface area contributed by atoms with Crippen LogP contribution in [0.15, 0.2) is 48.7 Å². The van der Waals surface area contributed by atoms with Crippen molar-refractivity contribution in [3.63, 3.8) is 0 Å². The molecule has 21 heavy (non-hydrogen) atoms. The summed E-state index contributed by atoms with van der Waals surface area (Å²) in [4.78, 5) is 8.45. The molecule has 0 aliphatic rings. The van der Waals surface area contributed by atoms with Crippen molar-refractivity contribution in [3.8, 4) is 0 Å². The van der Waals surface area contributed by atoms with E-state index in [0.717, 1.165) is 29.5 Å². The van der Waals surface area contributed by atoms with Gasteiger partial charge in [0.15, 0.2) is 11.6 Å². The molecule has 0 fully saturated rings. The normalized spacial score (nSPS) is 13.0. The highest BCUT2D eigenvalue weighted by molar-refractivity contribution is 6.02. The van der Waals surface area contributed by atoms with Crippen LogP contribution < -0.4 is 0 Å². The predicted molar refractivity (Wildman–Crippen MR) is 69.2 cm³/mol. The highest BCUT2D eigenvalue weighted by atomic mass is 19.2. The maximum absolute atomic E-state index is 14.4. The lowest BCUT2D eigenvalue weighted by Crippen LogP contribution is -2.18. The maximum atomic E-state index is 14.4. The van der Waals surface area contributed by atoms with Crippen LogP contribution in [0.5, 0.6) is 0 Å². The van der Waals surface area contributed by atoms with E-state index in [9.17, 15) is 13.2 Å². The summed E-state index contributed by atoms with van der Waals surface area (Å²) >= 11 is 0. The molecule has 1 heterocycles. The van der Waals surface area contributed by atoms with Gasteiger partial charge in [-0.05, 0) is 18.2 Å². The van der Waals surface area contributed by atoms with E-state index < -0.39 is 17.9 Å². The number of halogens is 3. The quantitative estimate of drug-likeness (QED) is 0.356. The molecule has 2 rings (SSSR count). The van der Waals surface area contributed by atoms with Crippen LogP contribution in [0.4, 0.5) is 13.2 Å². The minimum absolute atomic E-state index is 0.0287. The molecule has 5 nitrogen and oxygen atoms in total. The highest BCUT2D eigenvalue weighted by Gasteiger charge is 2.22. The minimum atomic E-state index is -1.86. The van der Waals surface area contributed by atoms with Crippen LogP contribution in [-0.2, 0) is 4.84 Å². The molecular weight excluding hydrogens is 285 g/mol. The van der Waals surface area contributed by atoms with Crippen LogP contribution in [0.25, 0.3) is 0 Å². The number of aromatic nitrogens is 3. The highest BCUT2D eigenvalue weighted by Crippen LogP contribution is 2.18. The van der Waals surface area contributed by atoms with E-state index in [-0.39, 0.29) is 17.9 Å². The summed E-state index contributed by atoms with van der Waals surface area (Å²) in [5, 5.41) is 7.24. The van der Waals surface area contributed by atoms with Crippen molar-refractivity contribution in [1.82, 2.24) is 14.8 Å². The van der Waals surface area contributed by atoms with Crippen molar-refractivity contribution in [1.29, 1.82) is 0 Å². The van der Waals surface area contributed by atoms with Crippen LogP contribution in [0.1, 0.15) is 11.9 Å². The summed E-state index contributed by atoms with van der Waals surface area (Å²) in [6.45, 7) is 3.46. The largest absolute Gasteiger partial charge is 0.391 e. The second-order valence-electron chi connectivity index (χ2n) is 3.90. The number of nitrogens with zero attached hydrogens (tertiary/aromatic N) is 4. The second kappa shape index (κ2) is 6.69. The summed E-state index contributed by atoms with van der Waals surface area (Å²) in [5.74, 6) is -2.16. The Morgan fingerprint density at radius 3 is 2.86 bits per heavy atom. The van der Waals surface area contributed by atoms with Crippen molar-refractivity contribution in [2.45, 2.75) is 6.30 Å². The molecule has 0 radical (unpaired) electrons. The Morgan fingerprint density at radius 1 is 1.43 bits per heavy atom. The van der Waals surface area contributed by atoms with Gasteiger partial charge in [0.05, 0.1) is 0 Å². The lowest BCUT2D eigenvalue weighted by molar-refractivity contribution is 0.168. The summed E-state index contributed by atoms with van der Waals surface area (Å²) in [5.41, 5.74) is -0.234. The third-order valence-electron chi connectivity index (χ3n) is 2.47. The first kappa shape index (κ1) is 14.8. The van der Waals surface area contributed by atoms with E-state index >= 15 is 0 Å². The predicted octanol–water partition coefficient (Wildman–Crippen LogP) is 2.63. The zero-order chi connectivity index (χ0) is 15.2. The zero-order valence-electron chi connectivity index (χ0n) is 10.8. The molecule has 2 aromatic rings. The molecule has 1 atom stereocenters. The van der Waals surface area contributed by atoms with Gasteiger partial charge in [0.2, 0.25) is 6.30 Å². The van der Waals surface area contributed by atoms with Gasteiger partial charge in [0, 0.05) is 5.56 Å². The fourth-order valence-electron chi connectivity index (χ4n) is 1.51. The van der Waals surface area contributed by atoms with Gasteiger partial charge in [-0.3, -0.25) is 0 Å². The third kappa shape index (κ3) is 3.47. The topological polar surface area (TPSA) is 52.3 Å². The van der Waals surface area contributed by atoms with E-state index in [1.54, 1.807) is 0 Å². The van der Waals surface area contributed by atoms with Gasteiger partial charge in [-0.2, -0.15) is 5.10 Å². The third-order valence-corrected chi connectivity index (χ3v) is 2.47. The number of hydrogen-bond acceptors (Lipinski definition) is 4. The Hall–Kier alpha value is -2.64. The second-order valence-corrected chi connectivity index (χ2v) is 3.90. The molecule has 1 unspecified atom stereocenters. The zero-order valence-corrected chi connectivity index (χ0v) is 10.8. The van der Waals surface area contributed by atoms with Gasteiger partial charge in [-0.15, -0.1) is 0 Å². The first-order chi connectivity index (χ1) is 10.1. The van der Waals surface area contributed by atoms with Crippen molar-refractivity contribution < 1.29 is 18.0 Å². The van der Waals surface area contributed by atoms with E-state index in [1.807, 2.05) is 0 Å². The molecule has 0 saturated carbocycles. The van der Waals surface area contributed by atoms with E-state index in [2.05, 4.69) is 21.8 Å². The van der Waals surface area contributed by atoms with Gasteiger partial charge in [0.25, 0.3) is 0 Å². The Morgan fingerprint density at radius 2 is 2.24 bits per heavy atom. The van der Waals surface area contributed by atoms with Gasteiger partial charge >= 0.3 is 0 Å². The van der Waals surface area contributed by atoms with Crippen LogP contribution in [0.3, 0.4) is 0 Å². The van der Waals surface area contributed by atoms with Gasteiger partial charge in [0.1, 0.15) is 25.0 Å². The summed E-state index contributed by atoms with van der Waals surface area (Å²) < 4.78 is 41.5. The Bertz CT molecular complexity index is 643. The Kier molecular flexibility index (Phi) is 4.70. The molecule has 8 heteroatoms. The van der Waals surface area contributed by atoms with Gasteiger partial charge in [-0.1, -0.05) is 17.8 Å². The molecule has 0 spiro atoms. The van der Waals surface area contributed by atoms with Gasteiger partial charge < -0.3 is 4.84 Å². The smallest absolute Gasteiger partial charge is 0.239 e. The van der Waals surface area contributed by atoms with Crippen LogP contribution >= 0.6 is 0 Å². The van der Waals surface area contributed by atoms with Crippen molar-refractivity contribution in [3.05, 3.63) is 60.7 Å². The average Bonchev–Trinajstić information content (AvgIpc) is 3.00. The molecule has 0 aliphatic heterocycles. The average molecular weight is 296 g/mol. The molecule has 0 bridgehead atoms. The maximum Gasteiger partial charge on any atom is 0.239 e. The number of benzene rings is 1. The number of hydrogen-bond donors (Lipinski definition) is 0. The lowest BCUT2D eigenvalue weighted by Gasteiger charge is -2.11. The standard InChI is InChI=1S/C13H11F3N4O/c1-2-5-21-19-12(13(16)20-8-17-7-18-20)9-3-4-10(14)11(15)6-9/h2-4,6-8,13H,1,5H2. The summed E-state index contributed by atoms with van der Waals surface area (Å²) in [6.07, 6.45) is 1.82. The fourth-order valence-corrected chi connectivity index (χ4v) is 1.51. The van der Waals surface area contributed by atoms with E-state index in [1.165, 1.54) is 12.1 Å². The van der Waals surface area contributed by atoms with Crippen LogP contribution in [0, 0.1) is 11.6 Å². The lowest BCUT2D eigenvalue weighted by atomic mass is 10.1. The number of rotatable bonds is 6. The molecule has 110 valence electrons. The van der Waals surface area contributed by atoms with E-state index in [4.69, 9.17) is 4.84 Å². The summed E-state index contributed by atoms with van der Waals surface area (Å²) in [7, 11) is 0. The summed E-state index contributed by atoms with van der Waals surface area (Å²) in [6, 6.07) is 2.90. The molecule has 1 aromatic heterocycles. The molecule has 0 amide bonds. The van der Waals surface area contributed by atoms with Gasteiger partial charge in [-0.25, -0.2) is 22.8 Å². The molecule has 1 aromatic carbocycles. The van der Waals surface area contributed by atoms with Crippen LogP contribution in [-0.4, -0.2) is 27.1 Å². The number of alkyl halides is 1. The minimum Gasteiger partial charge on any atom is -0.391 e. The van der Waals surface area contributed by atoms with E-state index in [0.29, 0.717) is 0 Å². The van der Waals surface area contributed by atoms with Crippen molar-refractivity contribution >= 4 is 5.71 Å². The first-order valence-electron chi connectivity index (χ1n) is 5.88. The monoisotopic (exact) mass is 296 g/mol. The van der Waals surface area contributed by atoms with Crippen molar-refractivity contribution in [2.75, 3.05) is 6.61 Å².